The van der Waals surface area contributed by atoms with Crippen LogP contribution in [0.25, 0.3) is 0 Å². The molecule has 156 valence electrons. The fourth-order valence-electron chi connectivity index (χ4n) is 3.09. The molecule has 0 saturated heterocycles. The summed E-state index contributed by atoms with van der Waals surface area (Å²) in [6.07, 6.45) is 2.15. The number of carbonyl (C=O) groups is 2. The van der Waals surface area contributed by atoms with Crippen LogP contribution in [0.4, 0.5) is 5.00 Å². The molecule has 0 aliphatic carbocycles. The van der Waals surface area contributed by atoms with Crippen molar-refractivity contribution >= 4 is 49.8 Å². The third-order valence-corrected chi connectivity index (χ3v) is 8.07. The minimum Gasteiger partial charge on any atom is -0.496 e. The Morgan fingerprint density at radius 3 is 2.72 bits per heavy atom. The van der Waals surface area contributed by atoms with Crippen LogP contribution in [0.5, 0.6) is 5.75 Å². The monoisotopic (exact) mass is 455 g/mol. The Labute approximate surface area is 177 Å². The first-order chi connectivity index (χ1) is 13.8. The van der Waals surface area contributed by atoms with Gasteiger partial charge in [-0.1, -0.05) is 0 Å². The first-order valence-corrected chi connectivity index (χ1v) is 12.7. The maximum atomic E-state index is 12.9. The maximum absolute atomic E-state index is 12.9. The van der Waals surface area contributed by atoms with E-state index < -0.39 is 21.7 Å². The molecular formula is C19H21NO6S3. The van der Waals surface area contributed by atoms with Crippen molar-refractivity contribution in [2.24, 2.45) is 0 Å². The molecule has 1 aromatic heterocycles. The molecule has 3 rings (SSSR count). The van der Waals surface area contributed by atoms with Crippen LogP contribution in [0, 0.1) is 0 Å². The predicted octanol–water partition coefficient (Wildman–Crippen LogP) is 3.38. The summed E-state index contributed by atoms with van der Waals surface area (Å²) in [4.78, 5) is 27.0. The van der Waals surface area contributed by atoms with Gasteiger partial charge in [0.25, 0.3) is 5.91 Å². The summed E-state index contributed by atoms with van der Waals surface area (Å²) < 4.78 is 34.5. The normalized spacial score (nSPS) is 14.7. The highest BCUT2D eigenvalue weighted by molar-refractivity contribution is 7.98. The lowest BCUT2D eigenvalue weighted by atomic mass is 10.1. The summed E-state index contributed by atoms with van der Waals surface area (Å²) in [5.41, 5.74) is 1.21. The lowest BCUT2D eigenvalue weighted by Gasteiger charge is -2.13. The van der Waals surface area contributed by atoms with Crippen molar-refractivity contribution in [3.05, 3.63) is 39.8 Å². The van der Waals surface area contributed by atoms with E-state index in [9.17, 15) is 18.0 Å². The summed E-state index contributed by atoms with van der Waals surface area (Å²) in [6.45, 7) is 1.87. The highest BCUT2D eigenvalue weighted by Gasteiger charge is 2.32. The summed E-state index contributed by atoms with van der Waals surface area (Å²) in [5.74, 6) is -0.761. The Morgan fingerprint density at radius 2 is 2.07 bits per heavy atom. The molecule has 1 aliphatic rings. The lowest BCUT2D eigenvalue weighted by Crippen LogP contribution is -2.20. The molecule has 0 atom stereocenters. The molecular weight excluding hydrogens is 434 g/mol. The Kier molecular flexibility index (Phi) is 6.55. The van der Waals surface area contributed by atoms with Crippen molar-refractivity contribution < 1.29 is 27.5 Å². The van der Waals surface area contributed by atoms with Gasteiger partial charge in [0, 0.05) is 9.77 Å². The number of rotatable bonds is 6. The number of amides is 1. The van der Waals surface area contributed by atoms with E-state index in [-0.39, 0.29) is 30.1 Å². The Morgan fingerprint density at radius 1 is 1.31 bits per heavy atom. The fourth-order valence-corrected chi connectivity index (χ4v) is 6.55. The van der Waals surface area contributed by atoms with Crippen molar-refractivity contribution in [2.45, 2.75) is 24.0 Å². The van der Waals surface area contributed by atoms with Gasteiger partial charge in [0.15, 0.2) is 9.84 Å². The van der Waals surface area contributed by atoms with Gasteiger partial charge in [-0.15, -0.1) is 23.1 Å². The van der Waals surface area contributed by atoms with Crippen LogP contribution in [0.15, 0.2) is 23.1 Å². The number of benzene rings is 1. The summed E-state index contributed by atoms with van der Waals surface area (Å²) in [7, 11) is -1.73. The van der Waals surface area contributed by atoms with Crippen LogP contribution in [0.1, 0.15) is 38.1 Å². The van der Waals surface area contributed by atoms with Gasteiger partial charge < -0.3 is 14.8 Å². The minimum absolute atomic E-state index is 0.0273. The lowest BCUT2D eigenvalue weighted by molar-refractivity contribution is 0.0527. The van der Waals surface area contributed by atoms with Crippen molar-refractivity contribution in [3.63, 3.8) is 0 Å². The number of ether oxygens (including phenoxy) is 2. The first kappa shape index (κ1) is 21.7. The fraction of sp³-hybridized carbons (Fsp3) is 0.368. The predicted molar refractivity (Wildman–Crippen MR) is 114 cm³/mol. The molecule has 7 nitrogen and oxygen atoms in total. The third kappa shape index (κ3) is 4.59. The van der Waals surface area contributed by atoms with E-state index in [0.717, 1.165) is 16.2 Å². The number of methoxy groups -OCH3 is 1. The zero-order valence-electron chi connectivity index (χ0n) is 16.2. The summed E-state index contributed by atoms with van der Waals surface area (Å²) >= 11 is 2.63. The van der Waals surface area contributed by atoms with Crippen LogP contribution in [-0.4, -0.2) is 46.0 Å². The van der Waals surface area contributed by atoms with Crippen LogP contribution in [0.2, 0.25) is 0 Å². The molecule has 2 heterocycles. The zero-order chi connectivity index (χ0) is 21.2. The Bertz CT molecular complexity index is 1060. The largest absolute Gasteiger partial charge is 0.496 e. The smallest absolute Gasteiger partial charge is 0.341 e. The second-order valence-corrected chi connectivity index (χ2v) is 10.5. The van der Waals surface area contributed by atoms with Gasteiger partial charge in [-0.3, -0.25) is 4.79 Å². The minimum atomic E-state index is -3.21. The van der Waals surface area contributed by atoms with Crippen LogP contribution in [0.3, 0.4) is 0 Å². The van der Waals surface area contributed by atoms with Crippen molar-refractivity contribution in [1.82, 2.24) is 0 Å². The van der Waals surface area contributed by atoms with Crippen molar-refractivity contribution in [2.75, 3.05) is 31.0 Å². The van der Waals surface area contributed by atoms with E-state index in [1.807, 2.05) is 6.26 Å². The number of anilines is 1. The Balaban J connectivity index is 1.99. The summed E-state index contributed by atoms with van der Waals surface area (Å²) in [5, 5.41) is 3.06. The molecule has 1 aromatic carbocycles. The first-order valence-electron chi connectivity index (χ1n) is 8.85. The molecule has 0 fully saturated rings. The molecule has 0 radical (unpaired) electrons. The number of thiophene rings is 1. The van der Waals surface area contributed by atoms with E-state index in [4.69, 9.17) is 9.47 Å². The Hall–Kier alpha value is -2.04. The van der Waals surface area contributed by atoms with Gasteiger partial charge in [-0.2, -0.15) is 0 Å². The number of thioether (sulfide) groups is 1. The molecule has 2 aromatic rings. The van der Waals surface area contributed by atoms with E-state index in [2.05, 4.69) is 5.32 Å². The maximum Gasteiger partial charge on any atom is 0.341 e. The number of hydrogen-bond donors (Lipinski definition) is 1. The second kappa shape index (κ2) is 8.76. The van der Waals surface area contributed by atoms with Crippen molar-refractivity contribution in [1.29, 1.82) is 0 Å². The van der Waals surface area contributed by atoms with Crippen molar-refractivity contribution in [3.8, 4) is 5.75 Å². The highest BCUT2D eigenvalue weighted by Crippen LogP contribution is 2.39. The highest BCUT2D eigenvalue weighted by atomic mass is 32.2. The van der Waals surface area contributed by atoms with E-state index in [1.54, 1.807) is 25.1 Å². The van der Waals surface area contributed by atoms with Gasteiger partial charge in [0.05, 0.1) is 36.3 Å². The molecule has 0 unspecified atom stereocenters. The third-order valence-electron chi connectivity index (χ3n) is 4.46. The quantitative estimate of drug-likeness (QED) is 0.527. The second-order valence-electron chi connectivity index (χ2n) is 6.29. The van der Waals surface area contributed by atoms with E-state index in [1.165, 1.54) is 18.9 Å². The van der Waals surface area contributed by atoms with Crippen LogP contribution in [-0.2, 0) is 26.7 Å². The molecule has 0 saturated carbocycles. The van der Waals surface area contributed by atoms with Gasteiger partial charge in [-0.25, -0.2) is 13.2 Å². The molecule has 1 N–H and O–H groups in total. The zero-order valence-corrected chi connectivity index (χ0v) is 18.7. The average molecular weight is 456 g/mol. The number of nitrogens with one attached hydrogen (secondary N) is 1. The van der Waals surface area contributed by atoms with Crippen LogP contribution >= 0.6 is 23.1 Å². The number of fused-ring (bicyclic) bond motifs is 1. The van der Waals surface area contributed by atoms with Gasteiger partial charge in [0.1, 0.15) is 10.8 Å². The SMILES string of the molecule is CCOC(=O)c1c(NC(=O)c2ccc(SC)cc2OC)sc2c1CCS(=O)(=O)C2. The number of hydrogen-bond acceptors (Lipinski definition) is 8. The molecule has 1 aliphatic heterocycles. The standard InChI is InChI=1S/C19H21NO6S3/c1-4-26-19(22)16-13-7-8-29(23,24)10-15(13)28-18(16)20-17(21)12-6-5-11(27-3)9-14(12)25-2/h5-6,9H,4,7-8,10H2,1-3H3,(H,20,21). The van der Waals surface area contributed by atoms with Crippen LogP contribution < -0.4 is 10.1 Å². The average Bonchev–Trinajstić information content (AvgIpc) is 3.03. The van der Waals surface area contributed by atoms with E-state index >= 15 is 0 Å². The van der Waals surface area contributed by atoms with Gasteiger partial charge >= 0.3 is 5.97 Å². The molecule has 29 heavy (non-hydrogen) atoms. The molecule has 0 bridgehead atoms. The van der Waals surface area contributed by atoms with E-state index in [0.29, 0.717) is 26.8 Å². The molecule has 1 amide bonds. The molecule has 10 heteroatoms. The topological polar surface area (TPSA) is 98.8 Å². The number of sulfone groups is 1. The van der Waals surface area contributed by atoms with Gasteiger partial charge in [0.2, 0.25) is 0 Å². The van der Waals surface area contributed by atoms with Gasteiger partial charge in [-0.05, 0) is 43.4 Å². The molecule has 0 spiro atoms. The summed E-state index contributed by atoms with van der Waals surface area (Å²) in [6, 6.07) is 5.22. The number of carbonyl (C=O) groups excluding carboxylic acids is 2. The number of esters is 1.